The molecule has 1 aliphatic rings. The number of thioether (sulfide) groups is 1. The lowest BCUT2D eigenvalue weighted by molar-refractivity contribution is -0.147. The summed E-state index contributed by atoms with van der Waals surface area (Å²) >= 11 is 1.44. The molecule has 3 N–H and O–H groups in total. The van der Waals surface area contributed by atoms with Crippen LogP contribution in [0.5, 0.6) is 0 Å². The molecule has 2 aromatic rings. The lowest BCUT2D eigenvalue weighted by Crippen LogP contribution is -2.58. The van der Waals surface area contributed by atoms with Crippen LogP contribution in [0.15, 0.2) is 54.9 Å². The van der Waals surface area contributed by atoms with Crippen molar-refractivity contribution >= 4 is 29.7 Å². The lowest BCUT2D eigenvalue weighted by Gasteiger charge is -2.33. The van der Waals surface area contributed by atoms with Gasteiger partial charge in [0.1, 0.15) is 6.04 Å². The minimum Gasteiger partial charge on any atom is -0.436 e. The number of alkyl carbamates (subject to hydrolysis) is 1. The number of nitrogens with zero attached hydrogens (tertiary/aromatic N) is 2. The molecular weight excluding hydrogens is 480 g/mol. The topological polar surface area (TPSA) is 121 Å². The summed E-state index contributed by atoms with van der Waals surface area (Å²) in [4.78, 5) is 44.2. The largest absolute Gasteiger partial charge is 0.436 e. The number of aromatic nitrogens is 1. The fourth-order valence-corrected chi connectivity index (χ4v) is 5.09. The number of carbonyl (C=O) groups is 3. The Labute approximate surface area is 215 Å². The molecule has 1 fully saturated rings. The van der Waals surface area contributed by atoms with Crippen LogP contribution in [0.4, 0.5) is 4.79 Å². The standard InChI is InChI=1S/C26H30N4O5S/c1-4-14-35-25(34)29-20(15-18-8-6-5-7-9-18)21(31)24(33)30-17-36-26(2,3)22(30)23(32)28-16-19-10-12-27-13-11-19/h1,5-13,20-22,31H,14-17H2,2-3H3,(H,28,32)(H,29,34)/t20?,21?,22-/m1/s1. The monoisotopic (exact) mass is 510 g/mol. The van der Waals surface area contributed by atoms with Gasteiger partial charge in [-0.2, -0.15) is 0 Å². The quantitative estimate of drug-likeness (QED) is 0.439. The second-order valence-corrected chi connectivity index (χ2v) is 10.4. The van der Waals surface area contributed by atoms with Crippen molar-refractivity contribution in [1.82, 2.24) is 20.5 Å². The van der Waals surface area contributed by atoms with Crippen LogP contribution in [0.1, 0.15) is 25.0 Å². The molecule has 9 nitrogen and oxygen atoms in total. The summed E-state index contributed by atoms with van der Waals surface area (Å²) in [5.74, 6) is 1.43. The van der Waals surface area contributed by atoms with Gasteiger partial charge in [0.05, 0.1) is 11.9 Å². The van der Waals surface area contributed by atoms with E-state index in [2.05, 4.69) is 21.5 Å². The first-order valence-electron chi connectivity index (χ1n) is 11.4. The molecule has 0 aliphatic carbocycles. The van der Waals surface area contributed by atoms with Crippen LogP contribution in [0.25, 0.3) is 0 Å². The van der Waals surface area contributed by atoms with Crippen LogP contribution in [0.3, 0.4) is 0 Å². The number of hydrogen-bond acceptors (Lipinski definition) is 7. The third kappa shape index (κ3) is 6.99. The normalized spacial score (nSPS) is 17.9. The van der Waals surface area contributed by atoms with E-state index in [1.165, 1.54) is 16.7 Å². The van der Waals surface area contributed by atoms with Gasteiger partial charge in [0, 0.05) is 23.7 Å². The summed E-state index contributed by atoms with van der Waals surface area (Å²) in [7, 11) is 0. The molecule has 0 radical (unpaired) electrons. The predicted molar refractivity (Wildman–Crippen MR) is 137 cm³/mol. The number of benzene rings is 1. The van der Waals surface area contributed by atoms with Gasteiger partial charge in [0.25, 0.3) is 5.91 Å². The Morgan fingerprint density at radius 1 is 1.22 bits per heavy atom. The van der Waals surface area contributed by atoms with Crippen LogP contribution in [0, 0.1) is 12.3 Å². The van der Waals surface area contributed by atoms with E-state index < -0.39 is 34.9 Å². The zero-order chi connectivity index (χ0) is 26.1. The Kier molecular flexibility index (Phi) is 9.33. The summed E-state index contributed by atoms with van der Waals surface area (Å²) in [5.41, 5.74) is 1.67. The molecule has 10 heteroatoms. The summed E-state index contributed by atoms with van der Waals surface area (Å²) in [6.07, 6.45) is 6.12. The maximum absolute atomic E-state index is 13.5. The molecule has 190 valence electrons. The van der Waals surface area contributed by atoms with Gasteiger partial charge in [-0.05, 0) is 43.5 Å². The molecule has 1 aromatic carbocycles. The number of pyridine rings is 1. The predicted octanol–water partition coefficient (Wildman–Crippen LogP) is 1.71. The second kappa shape index (κ2) is 12.4. The van der Waals surface area contributed by atoms with Gasteiger partial charge in [0.2, 0.25) is 5.91 Å². The molecule has 0 spiro atoms. The average molecular weight is 511 g/mol. The molecule has 1 aliphatic heterocycles. The van der Waals surface area contributed by atoms with Crippen molar-refractivity contribution in [3.05, 3.63) is 66.0 Å². The molecule has 3 amide bonds. The first-order chi connectivity index (χ1) is 17.2. The number of hydrogen-bond donors (Lipinski definition) is 3. The molecular formula is C26H30N4O5S. The van der Waals surface area contributed by atoms with E-state index in [9.17, 15) is 19.5 Å². The number of aliphatic hydroxyl groups excluding tert-OH is 1. The van der Waals surface area contributed by atoms with Gasteiger partial charge in [-0.3, -0.25) is 14.6 Å². The van der Waals surface area contributed by atoms with Crippen molar-refractivity contribution in [2.75, 3.05) is 12.5 Å². The van der Waals surface area contributed by atoms with E-state index in [4.69, 9.17) is 11.2 Å². The molecule has 3 rings (SSSR count). The Hall–Kier alpha value is -3.55. The highest BCUT2D eigenvalue weighted by molar-refractivity contribution is 8.00. The zero-order valence-corrected chi connectivity index (χ0v) is 21.0. The van der Waals surface area contributed by atoms with E-state index in [0.717, 1.165) is 11.1 Å². The third-order valence-corrected chi connectivity index (χ3v) is 7.19. The van der Waals surface area contributed by atoms with Gasteiger partial charge in [-0.1, -0.05) is 36.3 Å². The van der Waals surface area contributed by atoms with E-state index in [1.54, 1.807) is 24.5 Å². The molecule has 1 aromatic heterocycles. The Balaban J connectivity index is 1.76. The molecule has 2 heterocycles. The first-order valence-corrected chi connectivity index (χ1v) is 12.4. The van der Waals surface area contributed by atoms with Gasteiger partial charge in [-0.15, -0.1) is 18.2 Å². The minimum absolute atomic E-state index is 0.169. The zero-order valence-electron chi connectivity index (χ0n) is 20.2. The first kappa shape index (κ1) is 27.0. The SMILES string of the molecule is C#CCOC(=O)NC(Cc1ccccc1)C(O)C(=O)N1CSC(C)(C)[C@H]1C(=O)NCc1ccncc1. The van der Waals surface area contributed by atoms with Crippen molar-refractivity contribution in [2.24, 2.45) is 0 Å². The highest BCUT2D eigenvalue weighted by Crippen LogP contribution is 2.39. The second-order valence-electron chi connectivity index (χ2n) is 8.83. The fourth-order valence-electron chi connectivity index (χ4n) is 3.95. The fraction of sp³-hybridized carbons (Fsp3) is 0.385. The molecule has 3 atom stereocenters. The van der Waals surface area contributed by atoms with Crippen LogP contribution in [-0.2, 0) is 27.3 Å². The van der Waals surface area contributed by atoms with E-state index in [-0.39, 0.29) is 31.4 Å². The molecule has 1 saturated heterocycles. The number of terminal acetylenes is 1. The molecule has 36 heavy (non-hydrogen) atoms. The minimum atomic E-state index is -1.62. The van der Waals surface area contributed by atoms with Crippen LogP contribution in [0.2, 0.25) is 0 Å². The van der Waals surface area contributed by atoms with Crippen LogP contribution >= 0.6 is 11.8 Å². The molecule has 0 saturated carbocycles. The summed E-state index contributed by atoms with van der Waals surface area (Å²) in [6, 6.07) is 10.9. The Morgan fingerprint density at radius 2 is 1.92 bits per heavy atom. The van der Waals surface area contributed by atoms with Gasteiger partial charge < -0.3 is 25.4 Å². The van der Waals surface area contributed by atoms with Crippen molar-refractivity contribution in [2.45, 2.75) is 49.7 Å². The summed E-state index contributed by atoms with van der Waals surface area (Å²) in [5, 5.41) is 16.5. The number of aliphatic hydroxyl groups is 1. The maximum Gasteiger partial charge on any atom is 0.408 e. The van der Waals surface area contributed by atoms with Gasteiger partial charge in [0.15, 0.2) is 12.7 Å². The third-order valence-electron chi connectivity index (χ3n) is 5.82. The van der Waals surface area contributed by atoms with Crippen molar-refractivity contribution < 1.29 is 24.2 Å². The molecule has 2 unspecified atom stereocenters. The van der Waals surface area contributed by atoms with Crippen molar-refractivity contribution in [3.63, 3.8) is 0 Å². The van der Waals surface area contributed by atoms with Crippen LogP contribution < -0.4 is 10.6 Å². The summed E-state index contributed by atoms with van der Waals surface area (Å²) < 4.78 is 4.29. The number of carbonyl (C=O) groups excluding carboxylic acids is 3. The van der Waals surface area contributed by atoms with Crippen molar-refractivity contribution in [1.29, 1.82) is 0 Å². The number of rotatable bonds is 9. The number of nitrogens with one attached hydrogen (secondary N) is 2. The highest BCUT2D eigenvalue weighted by atomic mass is 32.2. The van der Waals surface area contributed by atoms with Crippen molar-refractivity contribution in [3.8, 4) is 12.3 Å². The van der Waals surface area contributed by atoms with Gasteiger partial charge >= 0.3 is 6.09 Å². The van der Waals surface area contributed by atoms with Crippen LogP contribution in [-0.4, -0.2) is 68.3 Å². The van der Waals surface area contributed by atoms with E-state index in [1.807, 2.05) is 44.2 Å². The Bertz CT molecular complexity index is 1090. The molecule has 0 bridgehead atoms. The Morgan fingerprint density at radius 3 is 2.58 bits per heavy atom. The van der Waals surface area contributed by atoms with Gasteiger partial charge in [-0.25, -0.2) is 4.79 Å². The number of ether oxygens (including phenoxy) is 1. The maximum atomic E-state index is 13.5. The lowest BCUT2D eigenvalue weighted by atomic mass is 9.97. The van der Waals surface area contributed by atoms with E-state index >= 15 is 0 Å². The highest BCUT2D eigenvalue weighted by Gasteiger charge is 2.49. The summed E-state index contributed by atoms with van der Waals surface area (Å²) in [6.45, 7) is 3.79. The smallest absolute Gasteiger partial charge is 0.408 e. The van der Waals surface area contributed by atoms with E-state index in [0.29, 0.717) is 0 Å². The average Bonchev–Trinajstić information content (AvgIpc) is 3.20. The number of amides is 3.